The largest absolute Gasteiger partial charge is 0.338 e. The van der Waals surface area contributed by atoms with Crippen LogP contribution < -0.4 is 10.6 Å². The van der Waals surface area contributed by atoms with Crippen molar-refractivity contribution < 1.29 is 9.00 Å². The Labute approximate surface area is 122 Å². The maximum Gasteiger partial charge on any atom is 0.315 e. The molecule has 2 unspecified atom stereocenters. The Morgan fingerprint density at radius 1 is 1.35 bits per heavy atom. The van der Waals surface area contributed by atoms with Gasteiger partial charge in [-0.15, -0.1) is 0 Å². The number of hydrogen-bond acceptors (Lipinski definition) is 2. The number of carbonyl (C=O) groups excluding carboxylic acids is 1. The van der Waals surface area contributed by atoms with E-state index in [0.717, 1.165) is 19.3 Å². The summed E-state index contributed by atoms with van der Waals surface area (Å²) in [4.78, 5) is 11.8. The molecule has 0 heterocycles. The average molecular weight is 294 g/mol. The van der Waals surface area contributed by atoms with Crippen LogP contribution in [-0.4, -0.2) is 34.3 Å². The van der Waals surface area contributed by atoms with Crippen molar-refractivity contribution in [3.05, 3.63) is 35.4 Å². The number of nitrogens with one attached hydrogen (secondary N) is 2. The molecule has 1 aromatic carbocycles. The molecule has 0 aromatic heterocycles. The van der Waals surface area contributed by atoms with Gasteiger partial charge in [-0.25, -0.2) is 4.79 Å². The van der Waals surface area contributed by atoms with Crippen molar-refractivity contribution in [2.75, 3.05) is 12.8 Å². The van der Waals surface area contributed by atoms with Gasteiger partial charge in [0.25, 0.3) is 0 Å². The average Bonchev–Trinajstić information content (AvgIpc) is 2.80. The van der Waals surface area contributed by atoms with Crippen LogP contribution >= 0.6 is 0 Å². The Bertz CT molecular complexity index is 479. The fraction of sp³-hybridized carbons (Fsp3) is 0.533. The molecular weight excluding hydrogens is 272 g/mol. The van der Waals surface area contributed by atoms with Crippen LogP contribution in [0.1, 0.15) is 24.5 Å². The lowest BCUT2D eigenvalue weighted by molar-refractivity contribution is 0.237. The third kappa shape index (κ3) is 4.07. The van der Waals surface area contributed by atoms with Gasteiger partial charge in [0, 0.05) is 34.9 Å². The van der Waals surface area contributed by atoms with Gasteiger partial charge in [0.1, 0.15) is 0 Å². The molecule has 2 atom stereocenters. The molecule has 110 valence electrons. The molecule has 20 heavy (non-hydrogen) atoms. The highest BCUT2D eigenvalue weighted by atomic mass is 32.2. The van der Waals surface area contributed by atoms with Gasteiger partial charge in [0.05, 0.1) is 0 Å². The maximum absolute atomic E-state index is 11.8. The second-order valence-corrected chi connectivity index (χ2v) is 7.17. The molecule has 0 saturated heterocycles. The van der Waals surface area contributed by atoms with Crippen molar-refractivity contribution >= 4 is 16.8 Å². The highest BCUT2D eigenvalue weighted by molar-refractivity contribution is 7.84. The van der Waals surface area contributed by atoms with Gasteiger partial charge in [-0.05, 0) is 30.4 Å². The van der Waals surface area contributed by atoms with Crippen LogP contribution in [0.3, 0.4) is 0 Å². The van der Waals surface area contributed by atoms with E-state index in [1.165, 1.54) is 11.1 Å². The molecule has 1 aliphatic rings. The SMILES string of the molecule is CC(CCNC(=O)NC1Cc2ccccc2C1)S(C)=O. The van der Waals surface area contributed by atoms with E-state index in [-0.39, 0.29) is 17.3 Å². The second-order valence-electron chi connectivity index (χ2n) is 5.37. The number of hydrogen-bond donors (Lipinski definition) is 2. The highest BCUT2D eigenvalue weighted by Crippen LogP contribution is 2.21. The number of fused-ring (bicyclic) bond motifs is 1. The molecule has 0 bridgehead atoms. The fourth-order valence-electron chi connectivity index (χ4n) is 2.45. The normalized spacial score (nSPS) is 17.3. The van der Waals surface area contributed by atoms with Gasteiger partial charge in [-0.3, -0.25) is 4.21 Å². The quantitative estimate of drug-likeness (QED) is 0.867. The Balaban J connectivity index is 1.70. The van der Waals surface area contributed by atoms with E-state index < -0.39 is 10.8 Å². The van der Waals surface area contributed by atoms with Crippen LogP contribution in [0.25, 0.3) is 0 Å². The van der Waals surface area contributed by atoms with E-state index >= 15 is 0 Å². The van der Waals surface area contributed by atoms with Gasteiger partial charge in [0.15, 0.2) is 0 Å². The van der Waals surface area contributed by atoms with Gasteiger partial charge >= 0.3 is 6.03 Å². The van der Waals surface area contributed by atoms with E-state index in [0.29, 0.717) is 6.54 Å². The molecule has 1 aliphatic carbocycles. The van der Waals surface area contributed by atoms with E-state index in [4.69, 9.17) is 0 Å². The smallest absolute Gasteiger partial charge is 0.315 e. The minimum atomic E-state index is -0.828. The van der Waals surface area contributed by atoms with Crippen LogP contribution in [0.15, 0.2) is 24.3 Å². The summed E-state index contributed by atoms with van der Waals surface area (Å²) in [6.45, 7) is 2.50. The molecular formula is C15H22N2O2S. The maximum atomic E-state index is 11.8. The van der Waals surface area contributed by atoms with E-state index in [1.807, 2.05) is 19.1 Å². The molecule has 2 rings (SSSR count). The Hall–Kier alpha value is -1.36. The van der Waals surface area contributed by atoms with E-state index in [2.05, 4.69) is 22.8 Å². The number of benzene rings is 1. The molecule has 0 radical (unpaired) electrons. The number of urea groups is 1. The molecule has 0 saturated carbocycles. The summed E-state index contributed by atoms with van der Waals surface area (Å²) in [6, 6.07) is 8.36. The first-order valence-corrected chi connectivity index (χ1v) is 8.61. The predicted molar refractivity (Wildman–Crippen MR) is 82.3 cm³/mol. The van der Waals surface area contributed by atoms with Crippen LogP contribution in [0.2, 0.25) is 0 Å². The van der Waals surface area contributed by atoms with Crippen LogP contribution in [0.5, 0.6) is 0 Å². The Kier molecular flexibility index (Phi) is 5.17. The Morgan fingerprint density at radius 3 is 2.50 bits per heavy atom. The zero-order chi connectivity index (χ0) is 14.5. The molecule has 2 N–H and O–H groups in total. The monoisotopic (exact) mass is 294 g/mol. The molecule has 0 aliphatic heterocycles. The molecule has 2 amide bonds. The summed E-state index contributed by atoms with van der Waals surface area (Å²) in [5.74, 6) is 0. The third-order valence-corrected chi connectivity index (χ3v) is 5.16. The van der Waals surface area contributed by atoms with Gasteiger partial charge in [0.2, 0.25) is 0 Å². The number of carbonyl (C=O) groups is 1. The first kappa shape index (κ1) is 15.0. The summed E-state index contributed by atoms with van der Waals surface area (Å²) in [5.41, 5.74) is 2.65. The van der Waals surface area contributed by atoms with Gasteiger partial charge in [-0.2, -0.15) is 0 Å². The molecule has 0 spiro atoms. The summed E-state index contributed by atoms with van der Waals surface area (Å²) < 4.78 is 11.2. The summed E-state index contributed by atoms with van der Waals surface area (Å²) in [5, 5.41) is 5.96. The summed E-state index contributed by atoms with van der Waals surface area (Å²) in [7, 11) is -0.828. The zero-order valence-corrected chi connectivity index (χ0v) is 12.8. The lowest BCUT2D eigenvalue weighted by Crippen LogP contribution is -2.43. The zero-order valence-electron chi connectivity index (χ0n) is 12.0. The van der Waals surface area contributed by atoms with Crippen molar-refractivity contribution in [1.29, 1.82) is 0 Å². The van der Waals surface area contributed by atoms with Crippen molar-refractivity contribution in [3.8, 4) is 0 Å². The van der Waals surface area contributed by atoms with Gasteiger partial charge < -0.3 is 10.6 Å². The first-order valence-electron chi connectivity index (χ1n) is 6.99. The van der Waals surface area contributed by atoms with E-state index in [9.17, 15) is 9.00 Å². The standard InChI is InChI=1S/C15H22N2O2S/c1-11(20(2)19)7-8-16-15(18)17-14-9-12-5-3-4-6-13(12)10-14/h3-6,11,14H,7-10H2,1-2H3,(H2,16,17,18). The lowest BCUT2D eigenvalue weighted by atomic mass is 10.1. The molecule has 0 fully saturated rings. The highest BCUT2D eigenvalue weighted by Gasteiger charge is 2.22. The van der Waals surface area contributed by atoms with Crippen LogP contribution in [-0.2, 0) is 23.6 Å². The van der Waals surface area contributed by atoms with Gasteiger partial charge in [-0.1, -0.05) is 31.2 Å². The number of rotatable bonds is 5. The fourth-order valence-corrected chi connectivity index (χ4v) is 2.90. The summed E-state index contributed by atoms with van der Waals surface area (Å²) in [6.07, 6.45) is 4.24. The number of amides is 2. The van der Waals surface area contributed by atoms with Crippen LogP contribution in [0, 0.1) is 0 Å². The minimum absolute atomic E-state index is 0.117. The van der Waals surface area contributed by atoms with Crippen molar-refractivity contribution in [1.82, 2.24) is 10.6 Å². The van der Waals surface area contributed by atoms with Crippen molar-refractivity contribution in [3.63, 3.8) is 0 Å². The molecule has 1 aromatic rings. The Morgan fingerprint density at radius 2 is 1.95 bits per heavy atom. The lowest BCUT2D eigenvalue weighted by Gasteiger charge is -2.14. The van der Waals surface area contributed by atoms with E-state index in [1.54, 1.807) is 6.26 Å². The van der Waals surface area contributed by atoms with Crippen molar-refractivity contribution in [2.45, 2.75) is 37.5 Å². The second kappa shape index (κ2) is 6.88. The summed E-state index contributed by atoms with van der Waals surface area (Å²) >= 11 is 0. The topological polar surface area (TPSA) is 58.2 Å². The molecule has 4 nitrogen and oxygen atoms in total. The first-order chi connectivity index (χ1) is 9.56. The molecule has 5 heteroatoms. The predicted octanol–water partition coefficient (Wildman–Crippen LogP) is 1.61. The third-order valence-electron chi connectivity index (χ3n) is 3.79. The van der Waals surface area contributed by atoms with Crippen LogP contribution in [0.4, 0.5) is 4.79 Å². The minimum Gasteiger partial charge on any atom is -0.338 e. The van der Waals surface area contributed by atoms with Crippen molar-refractivity contribution in [2.24, 2.45) is 0 Å².